The van der Waals surface area contributed by atoms with Crippen LogP contribution in [-0.4, -0.2) is 31.1 Å². The zero-order valence-corrected chi connectivity index (χ0v) is 17.2. The Kier molecular flexibility index (Phi) is 8.28. The van der Waals surface area contributed by atoms with Gasteiger partial charge in [-0.05, 0) is 38.7 Å². The van der Waals surface area contributed by atoms with Crippen LogP contribution in [0.4, 0.5) is 5.00 Å². The first-order valence-corrected chi connectivity index (χ1v) is 10.6. The fourth-order valence-electron chi connectivity index (χ4n) is 3.44. The van der Waals surface area contributed by atoms with E-state index in [1.54, 1.807) is 20.8 Å². The van der Waals surface area contributed by atoms with Crippen molar-refractivity contribution in [3.05, 3.63) is 16.0 Å². The second kappa shape index (κ2) is 10.4. The number of carbonyl (C=O) groups excluding carboxylic acids is 3. The van der Waals surface area contributed by atoms with Crippen molar-refractivity contribution in [1.82, 2.24) is 0 Å². The number of carbonyl (C=O) groups is 3. The molecule has 0 bridgehead atoms. The largest absolute Gasteiger partial charge is 0.462 e. The minimum absolute atomic E-state index is 0.136. The van der Waals surface area contributed by atoms with Gasteiger partial charge in [0.25, 0.3) is 0 Å². The van der Waals surface area contributed by atoms with E-state index in [0.29, 0.717) is 27.8 Å². The number of ether oxygens (including phenoxy) is 2. The number of nitrogens with one attached hydrogen (secondary N) is 1. The molecule has 1 N–H and O–H groups in total. The van der Waals surface area contributed by atoms with Gasteiger partial charge < -0.3 is 14.8 Å². The van der Waals surface area contributed by atoms with Gasteiger partial charge >= 0.3 is 11.9 Å². The second-order valence-corrected chi connectivity index (χ2v) is 7.81. The molecule has 1 aromatic heterocycles. The molecule has 27 heavy (non-hydrogen) atoms. The van der Waals surface area contributed by atoms with Gasteiger partial charge in [0.2, 0.25) is 5.91 Å². The highest BCUT2D eigenvalue weighted by Gasteiger charge is 2.27. The molecule has 1 aromatic rings. The summed E-state index contributed by atoms with van der Waals surface area (Å²) in [6.07, 6.45) is 7.42. The maximum Gasteiger partial charge on any atom is 0.348 e. The van der Waals surface area contributed by atoms with E-state index >= 15 is 0 Å². The van der Waals surface area contributed by atoms with E-state index in [9.17, 15) is 14.4 Å². The summed E-state index contributed by atoms with van der Waals surface area (Å²) in [7, 11) is 0. The van der Waals surface area contributed by atoms with Crippen LogP contribution in [0.5, 0.6) is 0 Å². The quantitative estimate of drug-likeness (QED) is 0.645. The lowest BCUT2D eigenvalue weighted by Crippen LogP contribution is -2.16. The number of amides is 1. The molecule has 1 aliphatic rings. The van der Waals surface area contributed by atoms with Crippen LogP contribution in [0.2, 0.25) is 0 Å². The molecule has 0 aliphatic heterocycles. The standard InChI is InChI=1S/C20H29NO5S/c1-4-25-19(23)16-13(3)17(20(24)26-5-2)27-18(16)21-15(22)12-11-14-9-7-6-8-10-14/h14H,4-12H2,1-3H3,(H,21,22). The van der Waals surface area contributed by atoms with Gasteiger partial charge in [-0.1, -0.05) is 32.1 Å². The van der Waals surface area contributed by atoms with Crippen molar-refractivity contribution < 1.29 is 23.9 Å². The average molecular weight is 396 g/mol. The molecule has 0 aromatic carbocycles. The van der Waals surface area contributed by atoms with Crippen molar-refractivity contribution in [3.63, 3.8) is 0 Å². The second-order valence-electron chi connectivity index (χ2n) is 6.79. The maximum absolute atomic E-state index is 12.4. The highest BCUT2D eigenvalue weighted by atomic mass is 32.1. The van der Waals surface area contributed by atoms with E-state index in [4.69, 9.17) is 9.47 Å². The summed E-state index contributed by atoms with van der Waals surface area (Å²) in [6.45, 7) is 5.58. The first-order valence-electron chi connectivity index (χ1n) is 9.75. The molecular formula is C20H29NO5S. The van der Waals surface area contributed by atoms with Crippen LogP contribution < -0.4 is 5.32 Å². The number of thiophene rings is 1. The predicted molar refractivity (Wildman–Crippen MR) is 105 cm³/mol. The summed E-state index contributed by atoms with van der Waals surface area (Å²) < 4.78 is 10.2. The zero-order chi connectivity index (χ0) is 19.8. The third-order valence-corrected chi connectivity index (χ3v) is 6.03. The maximum atomic E-state index is 12.4. The van der Waals surface area contributed by atoms with Crippen LogP contribution in [0.1, 0.15) is 84.4 Å². The van der Waals surface area contributed by atoms with Crippen molar-refractivity contribution in [2.75, 3.05) is 18.5 Å². The predicted octanol–water partition coefficient (Wildman–Crippen LogP) is 4.71. The molecule has 1 fully saturated rings. The Morgan fingerprint density at radius 1 is 1.04 bits per heavy atom. The third kappa shape index (κ3) is 5.79. The van der Waals surface area contributed by atoms with Crippen LogP contribution in [0.15, 0.2) is 0 Å². The fraction of sp³-hybridized carbons (Fsp3) is 0.650. The zero-order valence-electron chi connectivity index (χ0n) is 16.4. The van der Waals surface area contributed by atoms with Crippen LogP contribution >= 0.6 is 11.3 Å². The molecule has 1 saturated carbocycles. The summed E-state index contributed by atoms with van der Waals surface area (Å²) in [6, 6.07) is 0. The van der Waals surface area contributed by atoms with Crippen LogP contribution in [0, 0.1) is 12.8 Å². The molecule has 6 nitrogen and oxygen atoms in total. The monoisotopic (exact) mass is 395 g/mol. The molecule has 0 atom stereocenters. The molecule has 7 heteroatoms. The van der Waals surface area contributed by atoms with Gasteiger partial charge in [-0.25, -0.2) is 9.59 Å². The first-order chi connectivity index (χ1) is 13.0. The molecule has 1 aliphatic carbocycles. The minimum atomic E-state index is -0.538. The Hall–Kier alpha value is -1.89. The minimum Gasteiger partial charge on any atom is -0.462 e. The summed E-state index contributed by atoms with van der Waals surface area (Å²) in [4.78, 5) is 37.3. The van der Waals surface area contributed by atoms with Crippen LogP contribution in [0.3, 0.4) is 0 Å². The Balaban J connectivity index is 2.12. The van der Waals surface area contributed by atoms with E-state index < -0.39 is 11.9 Å². The molecule has 1 heterocycles. The molecule has 2 rings (SSSR count). The van der Waals surface area contributed by atoms with E-state index in [0.717, 1.165) is 17.8 Å². The normalized spacial score (nSPS) is 14.6. The van der Waals surface area contributed by atoms with Gasteiger partial charge in [0.1, 0.15) is 9.88 Å². The molecule has 0 spiro atoms. The van der Waals surface area contributed by atoms with Gasteiger partial charge in [-0.3, -0.25) is 4.79 Å². The van der Waals surface area contributed by atoms with Gasteiger partial charge in [0.15, 0.2) is 0 Å². The SMILES string of the molecule is CCOC(=O)c1sc(NC(=O)CCC2CCCCC2)c(C(=O)OCC)c1C. The van der Waals surface area contributed by atoms with Crippen molar-refractivity contribution in [1.29, 1.82) is 0 Å². The summed E-state index contributed by atoms with van der Waals surface area (Å²) in [5.41, 5.74) is 0.732. The van der Waals surface area contributed by atoms with E-state index in [1.807, 2.05) is 0 Å². The van der Waals surface area contributed by atoms with Crippen molar-refractivity contribution in [2.45, 2.75) is 65.7 Å². The fourth-order valence-corrected chi connectivity index (χ4v) is 4.55. The van der Waals surface area contributed by atoms with Gasteiger partial charge in [-0.2, -0.15) is 0 Å². The topological polar surface area (TPSA) is 81.7 Å². The lowest BCUT2D eigenvalue weighted by molar-refractivity contribution is -0.116. The van der Waals surface area contributed by atoms with E-state index in [2.05, 4.69) is 5.32 Å². The smallest absolute Gasteiger partial charge is 0.348 e. The van der Waals surface area contributed by atoms with Gasteiger partial charge in [-0.15, -0.1) is 11.3 Å². The number of anilines is 1. The summed E-state index contributed by atoms with van der Waals surface area (Å²) in [5, 5.41) is 3.18. The third-order valence-electron chi connectivity index (χ3n) is 4.84. The van der Waals surface area contributed by atoms with Crippen LogP contribution in [-0.2, 0) is 14.3 Å². The first kappa shape index (κ1) is 21.4. The number of hydrogen-bond donors (Lipinski definition) is 1. The van der Waals surface area contributed by atoms with E-state index in [1.165, 1.54) is 32.1 Å². The van der Waals surface area contributed by atoms with Gasteiger partial charge in [0, 0.05) is 6.42 Å². The van der Waals surface area contributed by atoms with E-state index in [-0.39, 0.29) is 24.7 Å². The summed E-state index contributed by atoms with van der Waals surface area (Å²) >= 11 is 1.07. The highest BCUT2D eigenvalue weighted by molar-refractivity contribution is 7.18. The molecule has 0 saturated heterocycles. The Morgan fingerprint density at radius 2 is 1.67 bits per heavy atom. The van der Waals surface area contributed by atoms with Crippen molar-refractivity contribution in [2.24, 2.45) is 5.92 Å². The Bertz CT molecular complexity index is 676. The lowest BCUT2D eigenvalue weighted by Gasteiger charge is -2.20. The molecular weight excluding hydrogens is 366 g/mol. The number of rotatable bonds is 8. The number of hydrogen-bond acceptors (Lipinski definition) is 6. The number of esters is 2. The summed E-state index contributed by atoms with van der Waals surface area (Å²) in [5.74, 6) is -0.561. The molecule has 1 amide bonds. The van der Waals surface area contributed by atoms with Crippen molar-refractivity contribution in [3.8, 4) is 0 Å². The van der Waals surface area contributed by atoms with Crippen molar-refractivity contribution >= 4 is 34.2 Å². The Labute approximate surface area is 164 Å². The molecule has 150 valence electrons. The average Bonchev–Trinajstić information content (AvgIpc) is 2.97. The van der Waals surface area contributed by atoms with Gasteiger partial charge in [0.05, 0.1) is 18.8 Å². The molecule has 0 radical (unpaired) electrons. The van der Waals surface area contributed by atoms with Crippen LogP contribution in [0.25, 0.3) is 0 Å². The highest BCUT2D eigenvalue weighted by Crippen LogP contribution is 2.35. The Morgan fingerprint density at radius 3 is 2.30 bits per heavy atom. The lowest BCUT2D eigenvalue weighted by atomic mass is 9.86. The molecule has 0 unspecified atom stereocenters.